The van der Waals surface area contributed by atoms with Crippen molar-refractivity contribution in [3.05, 3.63) is 200 Å². The molecule has 0 atom stereocenters. The average molecular weight is 624 g/mol. The fourth-order valence-corrected chi connectivity index (χ4v) is 7.34. The smallest absolute Gasteiger partial charge is 0.0468 e. The van der Waals surface area contributed by atoms with Crippen LogP contribution < -0.4 is 4.90 Å². The minimum atomic E-state index is 1.14. The van der Waals surface area contributed by atoms with Crippen LogP contribution in [0.3, 0.4) is 0 Å². The maximum atomic E-state index is 2.40. The first-order valence-corrected chi connectivity index (χ1v) is 16.9. The molecule has 0 aliphatic carbocycles. The minimum absolute atomic E-state index is 1.14. The lowest BCUT2D eigenvalue weighted by molar-refractivity contribution is 1.29. The molecule has 9 aromatic rings. The molecule has 0 aromatic heterocycles. The van der Waals surface area contributed by atoms with Gasteiger partial charge in [0.05, 0.1) is 0 Å². The van der Waals surface area contributed by atoms with Gasteiger partial charge in [0.15, 0.2) is 0 Å². The molecule has 49 heavy (non-hydrogen) atoms. The summed E-state index contributed by atoms with van der Waals surface area (Å²) in [7, 11) is 0. The van der Waals surface area contributed by atoms with Gasteiger partial charge in [0.1, 0.15) is 0 Å². The Hall–Kier alpha value is -6.44. The van der Waals surface area contributed by atoms with Crippen LogP contribution in [-0.4, -0.2) is 0 Å². The third-order valence-electron chi connectivity index (χ3n) is 9.59. The maximum absolute atomic E-state index is 2.40. The van der Waals surface area contributed by atoms with Gasteiger partial charge in [-0.15, -0.1) is 0 Å². The van der Waals surface area contributed by atoms with Gasteiger partial charge in [-0.3, -0.25) is 0 Å². The van der Waals surface area contributed by atoms with Gasteiger partial charge in [-0.05, 0) is 114 Å². The van der Waals surface area contributed by atoms with Crippen LogP contribution in [0.15, 0.2) is 200 Å². The predicted molar refractivity (Wildman–Crippen MR) is 210 cm³/mol. The van der Waals surface area contributed by atoms with Crippen molar-refractivity contribution in [3.63, 3.8) is 0 Å². The molecule has 0 amide bonds. The molecule has 0 aliphatic rings. The number of benzene rings is 9. The zero-order valence-electron chi connectivity index (χ0n) is 27.0. The second kappa shape index (κ2) is 12.3. The molecule has 9 aromatic carbocycles. The van der Waals surface area contributed by atoms with Crippen molar-refractivity contribution >= 4 is 49.4 Å². The summed E-state index contributed by atoms with van der Waals surface area (Å²) in [6, 6.07) is 72.3. The molecule has 230 valence electrons. The highest BCUT2D eigenvalue weighted by atomic mass is 15.1. The lowest BCUT2D eigenvalue weighted by Gasteiger charge is -2.25. The van der Waals surface area contributed by atoms with Crippen molar-refractivity contribution in [3.8, 4) is 33.4 Å². The van der Waals surface area contributed by atoms with Crippen LogP contribution in [0.4, 0.5) is 17.1 Å². The van der Waals surface area contributed by atoms with E-state index in [4.69, 9.17) is 0 Å². The number of anilines is 3. The standard InChI is InChI=1S/C48H33N/c1-5-15-34(16-6-1)47-43-23-13-14-24-44(43)48(35-17-7-2-8-18-35)46-33-39(28-30-45(46)47)36-25-26-38-32-42(29-27-37(38)31-36)49(40-19-9-3-10-20-40)41-21-11-4-12-22-41/h1-33H. The fraction of sp³-hybridized carbons (Fsp3) is 0. The Labute approximate surface area is 287 Å². The first-order valence-electron chi connectivity index (χ1n) is 16.9. The molecule has 0 spiro atoms. The molecule has 0 bridgehead atoms. The fourth-order valence-electron chi connectivity index (χ4n) is 7.34. The Kier molecular flexibility index (Phi) is 7.22. The van der Waals surface area contributed by atoms with Crippen molar-refractivity contribution < 1.29 is 0 Å². The van der Waals surface area contributed by atoms with Gasteiger partial charge in [0, 0.05) is 17.1 Å². The molecule has 0 N–H and O–H groups in total. The Bertz CT molecular complexity index is 2530. The van der Waals surface area contributed by atoms with Crippen LogP contribution in [0, 0.1) is 0 Å². The summed E-state index contributed by atoms with van der Waals surface area (Å²) in [6.07, 6.45) is 0. The van der Waals surface area contributed by atoms with E-state index in [2.05, 4.69) is 205 Å². The first kappa shape index (κ1) is 28.8. The van der Waals surface area contributed by atoms with Crippen LogP contribution in [0.2, 0.25) is 0 Å². The van der Waals surface area contributed by atoms with Crippen molar-refractivity contribution in [2.45, 2.75) is 0 Å². The molecule has 0 unspecified atom stereocenters. The Morgan fingerprint density at radius 3 is 1.27 bits per heavy atom. The van der Waals surface area contributed by atoms with Crippen molar-refractivity contribution in [1.29, 1.82) is 0 Å². The molecule has 0 heterocycles. The zero-order chi connectivity index (χ0) is 32.6. The molecule has 0 saturated carbocycles. The van der Waals surface area contributed by atoms with Crippen molar-refractivity contribution in [2.75, 3.05) is 4.90 Å². The third kappa shape index (κ3) is 5.23. The number of nitrogens with zero attached hydrogens (tertiary/aromatic N) is 1. The second-order valence-electron chi connectivity index (χ2n) is 12.5. The highest BCUT2D eigenvalue weighted by Crippen LogP contribution is 2.45. The second-order valence-corrected chi connectivity index (χ2v) is 12.5. The number of para-hydroxylation sites is 2. The van der Waals surface area contributed by atoms with E-state index in [1.54, 1.807) is 0 Å². The van der Waals surface area contributed by atoms with Gasteiger partial charge in [0.25, 0.3) is 0 Å². The van der Waals surface area contributed by atoms with Crippen LogP contribution in [0.25, 0.3) is 65.7 Å². The third-order valence-corrected chi connectivity index (χ3v) is 9.59. The summed E-state index contributed by atoms with van der Waals surface area (Å²) in [6.45, 7) is 0. The highest BCUT2D eigenvalue weighted by Gasteiger charge is 2.18. The van der Waals surface area contributed by atoms with E-state index in [-0.39, 0.29) is 0 Å². The Morgan fingerprint density at radius 2 is 0.673 bits per heavy atom. The molecule has 9 rings (SSSR count). The molecule has 1 heteroatoms. The van der Waals surface area contributed by atoms with Gasteiger partial charge in [0.2, 0.25) is 0 Å². The van der Waals surface area contributed by atoms with Crippen LogP contribution in [0.5, 0.6) is 0 Å². The van der Waals surface area contributed by atoms with Gasteiger partial charge >= 0.3 is 0 Å². The summed E-state index contributed by atoms with van der Waals surface area (Å²) in [5.74, 6) is 0. The number of hydrogen-bond acceptors (Lipinski definition) is 1. The van der Waals surface area contributed by atoms with Crippen LogP contribution in [-0.2, 0) is 0 Å². The normalized spacial score (nSPS) is 11.3. The summed E-state index contributed by atoms with van der Waals surface area (Å²) in [5, 5.41) is 7.49. The van der Waals surface area contributed by atoms with E-state index >= 15 is 0 Å². The summed E-state index contributed by atoms with van der Waals surface area (Å²) in [5.41, 5.74) is 10.8. The quantitative estimate of drug-likeness (QED) is 0.167. The minimum Gasteiger partial charge on any atom is -0.310 e. The molecule has 0 fully saturated rings. The monoisotopic (exact) mass is 623 g/mol. The highest BCUT2D eigenvalue weighted by molar-refractivity contribution is 6.22. The number of hydrogen-bond donors (Lipinski definition) is 0. The van der Waals surface area contributed by atoms with E-state index < -0.39 is 0 Å². The van der Waals surface area contributed by atoms with Gasteiger partial charge in [-0.2, -0.15) is 0 Å². The molecular formula is C48H33N. The summed E-state index contributed by atoms with van der Waals surface area (Å²) < 4.78 is 0. The predicted octanol–water partition coefficient (Wildman–Crippen LogP) is 13.6. The van der Waals surface area contributed by atoms with Crippen molar-refractivity contribution in [2.24, 2.45) is 0 Å². The van der Waals surface area contributed by atoms with Crippen LogP contribution in [0.1, 0.15) is 0 Å². The first-order chi connectivity index (χ1) is 24.3. The van der Waals surface area contributed by atoms with E-state index in [0.29, 0.717) is 0 Å². The lowest BCUT2D eigenvalue weighted by Crippen LogP contribution is -2.09. The number of fused-ring (bicyclic) bond motifs is 3. The largest absolute Gasteiger partial charge is 0.310 e. The van der Waals surface area contributed by atoms with Crippen LogP contribution >= 0.6 is 0 Å². The van der Waals surface area contributed by atoms with Gasteiger partial charge in [-0.1, -0.05) is 152 Å². The van der Waals surface area contributed by atoms with Gasteiger partial charge < -0.3 is 4.90 Å². The Balaban J connectivity index is 1.21. The molecule has 0 saturated heterocycles. The summed E-state index contributed by atoms with van der Waals surface area (Å²) in [4.78, 5) is 2.32. The molecular weight excluding hydrogens is 591 g/mol. The Morgan fingerprint density at radius 1 is 0.245 bits per heavy atom. The van der Waals surface area contributed by atoms with E-state index in [0.717, 1.165) is 17.1 Å². The number of rotatable bonds is 6. The topological polar surface area (TPSA) is 3.24 Å². The average Bonchev–Trinajstić information content (AvgIpc) is 3.18. The molecule has 0 radical (unpaired) electrons. The van der Waals surface area contributed by atoms with E-state index in [9.17, 15) is 0 Å². The molecule has 1 nitrogen and oxygen atoms in total. The zero-order valence-corrected chi connectivity index (χ0v) is 27.0. The molecule has 0 aliphatic heterocycles. The lowest BCUT2D eigenvalue weighted by atomic mass is 9.85. The van der Waals surface area contributed by atoms with E-state index in [1.807, 2.05) is 0 Å². The van der Waals surface area contributed by atoms with Gasteiger partial charge in [-0.25, -0.2) is 0 Å². The maximum Gasteiger partial charge on any atom is 0.0468 e. The van der Waals surface area contributed by atoms with Crippen molar-refractivity contribution in [1.82, 2.24) is 0 Å². The SMILES string of the molecule is c1ccc(-c2c3ccccc3c(-c3ccccc3)c3cc(-c4ccc5cc(N(c6ccccc6)c6ccccc6)ccc5c4)ccc23)cc1. The summed E-state index contributed by atoms with van der Waals surface area (Å²) >= 11 is 0. The van der Waals surface area contributed by atoms with E-state index in [1.165, 1.54) is 65.7 Å².